The van der Waals surface area contributed by atoms with Crippen molar-refractivity contribution in [3.05, 3.63) is 30.1 Å². The van der Waals surface area contributed by atoms with Crippen LogP contribution in [0.1, 0.15) is 10.4 Å². The highest BCUT2D eigenvalue weighted by Crippen LogP contribution is 2.23. The summed E-state index contributed by atoms with van der Waals surface area (Å²) < 4.78 is 5.06. The minimum atomic E-state index is -0.997. The molecule has 0 atom stereocenters. The third-order valence-electron chi connectivity index (χ3n) is 3.10. The van der Waals surface area contributed by atoms with E-state index in [9.17, 15) is 9.90 Å². The number of carboxylic acid groups (broad SMARTS) is 1. The summed E-state index contributed by atoms with van der Waals surface area (Å²) in [5.41, 5.74) is 0.734. The van der Waals surface area contributed by atoms with Crippen LogP contribution in [-0.2, 0) is 4.74 Å². The Morgan fingerprint density at radius 3 is 2.81 bits per heavy atom. The third kappa shape index (κ3) is 3.45. The summed E-state index contributed by atoms with van der Waals surface area (Å²) in [4.78, 5) is 21.3. The zero-order valence-electron chi connectivity index (χ0n) is 11.7. The van der Waals surface area contributed by atoms with E-state index < -0.39 is 5.97 Å². The summed E-state index contributed by atoms with van der Waals surface area (Å²) in [6.45, 7) is 1.47. The van der Waals surface area contributed by atoms with Gasteiger partial charge in [0.15, 0.2) is 0 Å². The lowest BCUT2D eigenvalue weighted by Crippen LogP contribution is -2.31. The molecule has 0 fully saturated rings. The fraction of sp³-hybridized carbons (Fsp3) is 0.357. The number of methoxy groups -OCH3 is 1. The van der Waals surface area contributed by atoms with Crippen LogP contribution in [0.4, 0.5) is 5.82 Å². The minimum Gasteiger partial charge on any atom is -0.478 e. The van der Waals surface area contributed by atoms with Crippen molar-refractivity contribution >= 4 is 22.7 Å². The third-order valence-corrected chi connectivity index (χ3v) is 3.10. The molecule has 21 heavy (non-hydrogen) atoms. The molecule has 2 rings (SSSR count). The van der Waals surface area contributed by atoms with Crippen LogP contribution in [0.2, 0.25) is 0 Å². The van der Waals surface area contributed by atoms with Crippen LogP contribution in [0.5, 0.6) is 0 Å². The first-order chi connectivity index (χ1) is 10.2. The molecule has 0 radical (unpaired) electrons. The normalized spacial score (nSPS) is 10.8. The first-order valence-electron chi connectivity index (χ1n) is 6.50. The average Bonchev–Trinajstić information content (AvgIpc) is 2.50. The van der Waals surface area contributed by atoms with Crippen molar-refractivity contribution in [1.29, 1.82) is 0 Å². The largest absolute Gasteiger partial charge is 0.478 e. The molecule has 0 bridgehead atoms. The number of nitrogens with zero attached hydrogens (tertiary/aromatic N) is 3. The molecule has 112 valence electrons. The number of ether oxygens (including phenoxy) is 1. The van der Waals surface area contributed by atoms with E-state index in [4.69, 9.17) is 9.84 Å². The number of aromatic carboxylic acids is 1. The molecule has 0 amide bonds. The predicted molar refractivity (Wildman–Crippen MR) is 77.7 cm³/mol. The summed E-state index contributed by atoms with van der Waals surface area (Å²) in [5, 5.41) is 18.9. The Balaban J connectivity index is 2.44. The number of fused-ring (bicyclic) bond motifs is 1. The molecular weight excluding hydrogens is 274 g/mol. The van der Waals surface area contributed by atoms with Crippen molar-refractivity contribution in [2.45, 2.75) is 0 Å². The van der Waals surface area contributed by atoms with Gasteiger partial charge in [-0.05, 0) is 18.2 Å². The second-order valence-corrected chi connectivity index (χ2v) is 4.44. The molecule has 1 aromatic heterocycles. The topological polar surface area (TPSA) is 95.8 Å². The summed E-state index contributed by atoms with van der Waals surface area (Å²) >= 11 is 0. The highest BCUT2D eigenvalue weighted by atomic mass is 16.5. The molecule has 0 saturated heterocycles. The predicted octanol–water partition coefficient (Wildman–Crippen LogP) is 0.773. The highest BCUT2D eigenvalue weighted by molar-refractivity contribution is 5.96. The van der Waals surface area contributed by atoms with Crippen molar-refractivity contribution in [3.63, 3.8) is 0 Å². The van der Waals surface area contributed by atoms with Crippen LogP contribution in [-0.4, -0.2) is 59.6 Å². The molecule has 0 saturated carbocycles. The van der Waals surface area contributed by atoms with E-state index in [1.807, 2.05) is 4.90 Å². The zero-order valence-corrected chi connectivity index (χ0v) is 11.7. The monoisotopic (exact) mass is 291 g/mol. The van der Waals surface area contributed by atoms with Gasteiger partial charge < -0.3 is 19.8 Å². The van der Waals surface area contributed by atoms with Crippen LogP contribution in [0, 0.1) is 0 Å². The van der Waals surface area contributed by atoms with E-state index in [0.717, 1.165) is 5.39 Å². The number of anilines is 1. The molecular formula is C14H17N3O4. The number of aliphatic hydroxyl groups is 1. The number of rotatable bonds is 7. The number of aromatic nitrogens is 2. The summed E-state index contributed by atoms with van der Waals surface area (Å²) in [5.74, 6) is -0.341. The second-order valence-electron chi connectivity index (χ2n) is 4.44. The molecule has 1 aromatic carbocycles. The standard InChI is InChI=1S/C14H17N3O4/c1-21-7-5-17(4-6-18)13-11-3-2-10(14(19)20)8-12(11)15-9-16-13/h2-3,8-9,18H,4-7H2,1H3,(H,19,20). The van der Waals surface area contributed by atoms with Gasteiger partial charge in [-0.1, -0.05) is 0 Å². The highest BCUT2D eigenvalue weighted by Gasteiger charge is 2.13. The van der Waals surface area contributed by atoms with Crippen LogP contribution in [0.25, 0.3) is 10.9 Å². The van der Waals surface area contributed by atoms with Crippen LogP contribution in [0.3, 0.4) is 0 Å². The number of hydrogen-bond donors (Lipinski definition) is 2. The van der Waals surface area contributed by atoms with Gasteiger partial charge in [0.1, 0.15) is 12.1 Å². The molecule has 2 N–H and O–H groups in total. The van der Waals surface area contributed by atoms with Crippen molar-refractivity contribution < 1.29 is 19.7 Å². The summed E-state index contributed by atoms with van der Waals surface area (Å²) in [7, 11) is 1.61. The first kappa shape index (κ1) is 15.1. The number of carboxylic acids is 1. The van der Waals surface area contributed by atoms with E-state index in [1.54, 1.807) is 13.2 Å². The molecule has 7 heteroatoms. The Hall–Kier alpha value is -2.25. The van der Waals surface area contributed by atoms with Crippen LogP contribution < -0.4 is 4.90 Å². The molecule has 0 unspecified atom stereocenters. The van der Waals surface area contributed by atoms with Gasteiger partial charge in [0.25, 0.3) is 0 Å². The van der Waals surface area contributed by atoms with Crippen molar-refractivity contribution in [3.8, 4) is 0 Å². The Bertz CT molecular complexity index is 633. The van der Waals surface area contributed by atoms with Gasteiger partial charge in [-0.2, -0.15) is 0 Å². The van der Waals surface area contributed by atoms with E-state index in [-0.39, 0.29) is 12.2 Å². The van der Waals surface area contributed by atoms with Gasteiger partial charge >= 0.3 is 5.97 Å². The fourth-order valence-corrected chi connectivity index (χ4v) is 2.07. The maximum Gasteiger partial charge on any atom is 0.335 e. The SMILES string of the molecule is COCCN(CCO)c1ncnc2cc(C(=O)O)ccc12. The number of aliphatic hydroxyl groups excluding tert-OH is 1. The summed E-state index contributed by atoms with van der Waals surface area (Å²) in [6, 6.07) is 4.71. The molecule has 7 nitrogen and oxygen atoms in total. The average molecular weight is 291 g/mol. The molecule has 2 aromatic rings. The Morgan fingerprint density at radius 2 is 2.14 bits per heavy atom. The van der Waals surface area contributed by atoms with Gasteiger partial charge in [-0.25, -0.2) is 14.8 Å². The first-order valence-corrected chi connectivity index (χ1v) is 6.50. The van der Waals surface area contributed by atoms with Crippen molar-refractivity contribution in [1.82, 2.24) is 9.97 Å². The Morgan fingerprint density at radius 1 is 1.33 bits per heavy atom. The Kier molecular flexibility index (Phi) is 5.02. The van der Waals surface area contributed by atoms with Gasteiger partial charge in [0, 0.05) is 25.6 Å². The number of benzene rings is 1. The smallest absolute Gasteiger partial charge is 0.335 e. The van der Waals surface area contributed by atoms with Gasteiger partial charge in [-0.15, -0.1) is 0 Å². The van der Waals surface area contributed by atoms with E-state index in [2.05, 4.69) is 9.97 Å². The lowest BCUT2D eigenvalue weighted by atomic mass is 10.1. The number of hydrogen-bond acceptors (Lipinski definition) is 6. The molecule has 0 spiro atoms. The molecule has 1 heterocycles. The van der Waals surface area contributed by atoms with E-state index in [1.165, 1.54) is 18.5 Å². The second kappa shape index (κ2) is 6.96. The van der Waals surface area contributed by atoms with Gasteiger partial charge in [-0.3, -0.25) is 0 Å². The lowest BCUT2D eigenvalue weighted by molar-refractivity contribution is 0.0697. The van der Waals surface area contributed by atoms with Crippen molar-refractivity contribution in [2.75, 3.05) is 38.3 Å². The van der Waals surface area contributed by atoms with E-state index in [0.29, 0.717) is 31.0 Å². The maximum absolute atomic E-state index is 11.0. The van der Waals surface area contributed by atoms with Gasteiger partial charge in [0.2, 0.25) is 0 Å². The maximum atomic E-state index is 11.0. The lowest BCUT2D eigenvalue weighted by Gasteiger charge is -2.23. The van der Waals surface area contributed by atoms with Gasteiger partial charge in [0.05, 0.1) is 24.3 Å². The van der Waals surface area contributed by atoms with Crippen LogP contribution >= 0.6 is 0 Å². The van der Waals surface area contributed by atoms with Crippen LogP contribution in [0.15, 0.2) is 24.5 Å². The Labute approximate surface area is 121 Å². The van der Waals surface area contributed by atoms with E-state index >= 15 is 0 Å². The van der Waals surface area contributed by atoms with Crippen molar-refractivity contribution in [2.24, 2.45) is 0 Å². The fourth-order valence-electron chi connectivity index (χ4n) is 2.07. The minimum absolute atomic E-state index is 0.0115. The molecule has 0 aliphatic carbocycles. The number of carbonyl (C=O) groups is 1. The quantitative estimate of drug-likeness (QED) is 0.778. The zero-order chi connectivity index (χ0) is 15.2. The molecule has 0 aliphatic heterocycles. The molecule has 0 aliphatic rings. The summed E-state index contributed by atoms with van der Waals surface area (Å²) in [6.07, 6.45) is 1.39.